The SMILES string of the molecule is COC(=O)[C@]1(Br)OC[C@H](OC(C)=O)[C@@H](OC(C)=O)[C@@H]1OC(C)=O. The van der Waals surface area contributed by atoms with Crippen LogP contribution >= 0.6 is 15.9 Å². The Morgan fingerprint density at radius 1 is 1.00 bits per heavy atom. The molecule has 0 spiro atoms. The fourth-order valence-electron chi connectivity index (χ4n) is 2.07. The fourth-order valence-corrected chi connectivity index (χ4v) is 2.71. The highest BCUT2D eigenvalue weighted by atomic mass is 79.9. The van der Waals surface area contributed by atoms with E-state index in [1.165, 1.54) is 0 Å². The molecule has 0 aliphatic carbocycles. The van der Waals surface area contributed by atoms with Crippen molar-refractivity contribution >= 4 is 39.8 Å². The van der Waals surface area contributed by atoms with E-state index in [1.807, 2.05) is 0 Å². The van der Waals surface area contributed by atoms with E-state index in [4.69, 9.17) is 18.9 Å². The molecule has 1 fully saturated rings. The van der Waals surface area contributed by atoms with Crippen LogP contribution in [0.3, 0.4) is 0 Å². The largest absolute Gasteiger partial charge is 0.466 e. The van der Waals surface area contributed by atoms with Crippen LogP contribution in [0, 0.1) is 0 Å². The van der Waals surface area contributed by atoms with Crippen molar-refractivity contribution < 1.29 is 42.9 Å². The summed E-state index contributed by atoms with van der Waals surface area (Å²) < 4.78 is 23.3. The number of methoxy groups -OCH3 is 1. The molecule has 1 aliphatic heterocycles. The molecule has 0 saturated carbocycles. The lowest BCUT2D eigenvalue weighted by Gasteiger charge is -2.43. The summed E-state index contributed by atoms with van der Waals surface area (Å²) in [6.45, 7) is 3.10. The van der Waals surface area contributed by atoms with Gasteiger partial charge in [-0.15, -0.1) is 0 Å². The molecule has 0 N–H and O–H groups in total. The lowest BCUT2D eigenvalue weighted by molar-refractivity contribution is -0.235. The van der Waals surface area contributed by atoms with Gasteiger partial charge in [0.1, 0.15) is 0 Å². The van der Waals surface area contributed by atoms with Crippen LogP contribution < -0.4 is 0 Å². The molecule has 4 atom stereocenters. The molecule has 1 rings (SSSR count). The fraction of sp³-hybridized carbons (Fsp3) is 0.692. The van der Waals surface area contributed by atoms with Crippen LogP contribution in [-0.4, -0.2) is 60.4 Å². The lowest BCUT2D eigenvalue weighted by atomic mass is 9.99. The first-order valence-corrected chi connectivity index (χ1v) is 7.34. The van der Waals surface area contributed by atoms with Crippen LogP contribution in [0.2, 0.25) is 0 Å². The van der Waals surface area contributed by atoms with Gasteiger partial charge in [0.2, 0.25) is 0 Å². The minimum Gasteiger partial charge on any atom is -0.466 e. The third-order valence-corrected chi connectivity index (χ3v) is 3.87. The summed E-state index contributed by atoms with van der Waals surface area (Å²) in [6, 6.07) is 0. The predicted molar refractivity (Wildman–Crippen MR) is 76.3 cm³/mol. The quantitative estimate of drug-likeness (QED) is 0.369. The van der Waals surface area contributed by atoms with E-state index in [0.717, 1.165) is 27.9 Å². The molecule has 0 unspecified atom stereocenters. The maximum absolute atomic E-state index is 12.0. The number of carbonyl (C=O) groups is 4. The summed E-state index contributed by atoms with van der Waals surface area (Å²) in [7, 11) is 1.11. The second-order valence-electron chi connectivity index (χ2n) is 4.70. The van der Waals surface area contributed by atoms with Gasteiger partial charge >= 0.3 is 23.9 Å². The Hall–Kier alpha value is -1.68. The average Bonchev–Trinajstić information content (AvgIpc) is 2.43. The van der Waals surface area contributed by atoms with Gasteiger partial charge in [0.25, 0.3) is 4.51 Å². The summed E-state index contributed by atoms with van der Waals surface area (Å²) in [5, 5.41) is 0. The summed E-state index contributed by atoms with van der Waals surface area (Å²) >= 11 is 3.03. The van der Waals surface area contributed by atoms with Gasteiger partial charge in [-0.3, -0.25) is 14.4 Å². The van der Waals surface area contributed by atoms with E-state index in [-0.39, 0.29) is 6.61 Å². The van der Waals surface area contributed by atoms with Crippen LogP contribution in [-0.2, 0) is 42.9 Å². The van der Waals surface area contributed by atoms with Crippen molar-refractivity contribution in [3.8, 4) is 0 Å². The van der Waals surface area contributed by atoms with Crippen molar-refractivity contribution in [2.75, 3.05) is 13.7 Å². The molecule has 1 saturated heterocycles. The number of halogens is 1. The molecule has 0 aromatic carbocycles. The molecule has 1 heterocycles. The average molecular weight is 397 g/mol. The zero-order valence-corrected chi connectivity index (χ0v) is 14.6. The van der Waals surface area contributed by atoms with Gasteiger partial charge in [-0.2, -0.15) is 0 Å². The van der Waals surface area contributed by atoms with Gasteiger partial charge in [0.05, 0.1) is 13.7 Å². The molecule has 130 valence electrons. The molecule has 1 aliphatic rings. The second kappa shape index (κ2) is 7.73. The summed E-state index contributed by atoms with van der Waals surface area (Å²) in [4.78, 5) is 45.9. The number of ether oxygens (including phenoxy) is 5. The maximum Gasteiger partial charge on any atom is 0.353 e. The van der Waals surface area contributed by atoms with Crippen LogP contribution in [0.15, 0.2) is 0 Å². The van der Waals surface area contributed by atoms with E-state index in [9.17, 15) is 19.2 Å². The van der Waals surface area contributed by atoms with E-state index in [0.29, 0.717) is 0 Å². The Bertz CT molecular complexity index is 506. The van der Waals surface area contributed by atoms with Crippen molar-refractivity contribution in [3.63, 3.8) is 0 Å². The van der Waals surface area contributed by atoms with Crippen molar-refractivity contribution in [2.45, 2.75) is 43.6 Å². The number of hydrogen-bond acceptors (Lipinski definition) is 9. The zero-order chi connectivity index (χ0) is 17.8. The molecule has 9 nitrogen and oxygen atoms in total. The molecule has 23 heavy (non-hydrogen) atoms. The van der Waals surface area contributed by atoms with Gasteiger partial charge < -0.3 is 23.7 Å². The first kappa shape index (κ1) is 19.4. The monoisotopic (exact) mass is 396 g/mol. The number of esters is 4. The Balaban J connectivity index is 3.24. The third-order valence-electron chi connectivity index (χ3n) is 2.86. The zero-order valence-electron chi connectivity index (χ0n) is 13.0. The predicted octanol–water partition coefficient (Wildman–Crippen LogP) is 0.0759. The molecule has 10 heteroatoms. The highest BCUT2D eigenvalue weighted by molar-refractivity contribution is 9.10. The molecule has 0 bridgehead atoms. The van der Waals surface area contributed by atoms with Crippen LogP contribution in [0.25, 0.3) is 0 Å². The normalized spacial score (nSPS) is 30.0. The molecular formula is C13H17BrO9. The van der Waals surface area contributed by atoms with Gasteiger partial charge in [0, 0.05) is 20.8 Å². The van der Waals surface area contributed by atoms with Crippen molar-refractivity contribution in [1.29, 1.82) is 0 Å². The van der Waals surface area contributed by atoms with Crippen LogP contribution in [0.4, 0.5) is 0 Å². The van der Waals surface area contributed by atoms with Crippen molar-refractivity contribution in [2.24, 2.45) is 0 Å². The Kier molecular flexibility index (Phi) is 6.51. The summed E-state index contributed by atoms with van der Waals surface area (Å²) in [5.41, 5.74) is 0. The topological polar surface area (TPSA) is 114 Å². The standard InChI is InChI=1S/C13H17BrO9/c1-6(15)21-9-5-20-13(14,12(18)19-4)11(23-8(3)17)10(9)22-7(2)16/h9-11H,5H2,1-4H3/t9-,10+,11-,13+/m0/s1. The molecule has 0 aromatic rings. The first-order chi connectivity index (χ1) is 10.6. The van der Waals surface area contributed by atoms with E-state index in [2.05, 4.69) is 20.7 Å². The van der Waals surface area contributed by atoms with Gasteiger partial charge in [-0.25, -0.2) is 4.79 Å². The minimum absolute atomic E-state index is 0.282. The van der Waals surface area contributed by atoms with E-state index >= 15 is 0 Å². The molecular weight excluding hydrogens is 380 g/mol. The Morgan fingerprint density at radius 2 is 1.52 bits per heavy atom. The van der Waals surface area contributed by atoms with Crippen LogP contribution in [0.5, 0.6) is 0 Å². The summed E-state index contributed by atoms with van der Waals surface area (Å²) in [6.07, 6.45) is -3.74. The lowest BCUT2D eigenvalue weighted by Crippen LogP contribution is -2.64. The van der Waals surface area contributed by atoms with Gasteiger partial charge in [-0.05, 0) is 15.9 Å². The van der Waals surface area contributed by atoms with Crippen molar-refractivity contribution in [3.05, 3.63) is 0 Å². The second-order valence-corrected chi connectivity index (χ2v) is 5.88. The molecule has 0 amide bonds. The smallest absolute Gasteiger partial charge is 0.353 e. The maximum atomic E-state index is 12.0. The Labute approximate surface area is 140 Å². The number of carbonyl (C=O) groups excluding carboxylic acids is 4. The molecule has 0 radical (unpaired) electrons. The van der Waals surface area contributed by atoms with E-state index in [1.54, 1.807) is 0 Å². The van der Waals surface area contributed by atoms with Crippen LogP contribution in [0.1, 0.15) is 20.8 Å². The summed E-state index contributed by atoms with van der Waals surface area (Å²) in [5.74, 6) is -3.03. The number of hydrogen-bond donors (Lipinski definition) is 0. The minimum atomic E-state index is -1.90. The number of rotatable bonds is 4. The van der Waals surface area contributed by atoms with E-state index < -0.39 is 46.7 Å². The first-order valence-electron chi connectivity index (χ1n) is 6.54. The highest BCUT2D eigenvalue weighted by Gasteiger charge is 2.60. The van der Waals surface area contributed by atoms with Gasteiger partial charge in [0.15, 0.2) is 18.3 Å². The van der Waals surface area contributed by atoms with Crippen molar-refractivity contribution in [1.82, 2.24) is 0 Å². The number of alkyl halides is 1. The highest BCUT2D eigenvalue weighted by Crippen LogP contribution is 2.37. The van der Waals surface area contributed by atoms with Gasteiger partial charge in [-0.1, -0.05) is 0 Å². The Morgan fingerprint density at radius 3 is 1.96 bits per heavy atom. The molecule has 0 aromatic heterocycles. The third kappa shape index (κ3) is 4.64.